The number of carboxylic acid groups (broad SMARTS) is 1. The van der Waals surface area contributed by atoms with Gasteiger partial charge in [0.15, 0.2) is 0 Å². The molecule has 1 amide bonds. The normalized spacial score (nSPS) is 20.4. The second kappa shape index (κ2) is 5.63. The van der Waals surface area contributed by atoms with Gasteiger partial charge in [-0.25, -0.2) is 0 Å². The van der Waals surface area contributed by atoms with Crippen LogP contribution in [0.5, 0.6) is 0 Å². The summed E-state index contributed by atoms with van der Waals surface area (Å²) in [5.74, 6) is -2.24. The van der Waals surface area contributed by atoms with E-state index in [2.05, 4.69) is 10.3 Å². The van der Waals surface area contributed by atoms with Gasteiger partial charge < -0.3 is 15.4 Å². The molecule has 114 valence electrons. The minimum Gasteiger partial charge on any atom is -0.481 e. The molecule has 0 spiro atoms. The summed E-state index contributed by atoms with van der Waals surface area (Å²) < 4.78 is 0. The fraction of sp³-hybridized carbons (Fsp3) is 0.312. The zero-order valence-corrected chi connectivity index (χ0v) is 11.8. The van der Waals surface area contributed by atoms with Crippen LogP contribution in [0.4, 0.5) is 0 Å². The van der Waals surface area contributed by atoms with E-state index >= 15 is 0 Å². The van der Waals surface area contributed by atoms with Crippen molar-refractivity contribution < 1.29 is 14.7 Å². The third-order valence-electron chi connectivity index (χ3n) is 4.22. The van der Waals surface area contributed by atoms with Crippen LogP contribution in [0.1, 0.15) is 18.4 Å². The lowest BCUT2D eigenvalue weighted by atomic mass is 9.73. The predicted molar refractivity (Wildman–Crippen MR) is 80.3 cm³/mol. The Bertz CT molecular complexity index is 796. The smallest absolute Gasteiger partial charge is 0.307 e. The van der Waals surface area contributed by atoms with Crippen molar-refractivity contribution in [3.8, 4) is 0 Å². The maximum Gasteiger partial charge on any atom is 0.307 e. The van der Waals surface area contributed by atoms with E-state index in [0.717, 1.165) is 10.9 Å². The Morgan fingerprint density at radius 1 is 1.23 bits per heavy atom. The standard InChI is InChI=1S/C16H16N2O4/c19-14-7-9(10-3-1-2-4-13(10)18-14)8-17-15(20)11-5-6-12(11)16(21)22/h1-4,7,11-12H,5-6,8H2,(H,17,20)(H,18,19)(H,21,22). The molecule has 6 heteroatoms. The van der Waals surface area contributed by atoms with E-state index in [9.17, 15) is 14.4 Å². The van der Waals surface area contributed by atoms with E-state index in [1.807, 2.05) is 18.2 Å². The largest absolute Gasteiger partial charge is 0.481 e. The van der Waals surface area contributed by atoms with Crippen molar-refractivity contribution in [3.05, 3.63) is 46.2 Å². The first-order valence-electron chi connectivity index (χ1n) is 7.17. The van der Waals surface area contributed by atoms with Gasteiger partial charge in [0, 0.05) is 23.5 Å². The second-order valence-corrected chi connectivity index (χ2v) is 5.55. The number of pyridine rings is 1. The number of rotatable bonds is 4. The van der Waals surface area contributed by atoms with Crippen LogP contribution in [-0.4, -0.2) is 22.0 Å². The molecule has 1 aromatic heterocycles. The van der Waals surface area contributed by atoms with Crippen molar-refractivity contribution in [1.29, 1.82) is 0 Å². The van der Waals surface area contributed by atoms with E-state index in [4.69, 9.17) is 5.11 Å². The van der Waals surface area contributed by atoms with E-state index in [1.165, 1.54) is 6.07 Å². The molecule has 1 fully saturated rings. The summed E-state index contributed by atoms with van der Waals surface area (Å²) in [4.78, 5) is 37.4. The van der Waals surface area contributed by atoms with Crippen molar-refractivity contribution in [2.24, 2.45) is 11.8 Å². The Kier molecular flexibility index (Phi) is 3.66. The van der Waals surface area contributed by atoms with Gasteiger partial charge in [-0.1, -0.05) is 18.2 Å². The summed E-state index contributed by atoms with van der Waals surface area (Å²) >= 11 is 0. The van der Waals surface area contributed by atoms with Gasteiger partial charge in [0.2, 0.25) is 11.5 Å². The number of aromatic amines is 1. The molecule has 3 rings (SSSR count). The summed E-state index contributed by atoms with van der Waals surface area (Å²) in [6.45, 7) is 0.214. The first kappa shape index (κ1) is 14.3. The van der Waals surface area contributed by atoms with Gasteiger partial charge in [-0.15, -0.1) is 0 Å². The summed E-state index contributed by atoms with van der Waals surface area (Å²) in [6.07, 6.45) is 1.14. The molecule has 0 aliphatic heterocycles. The van der Waals surface area contributed by atoms with Gasteiger partial charge in [-0.3, -0.25) is 14.4 Å². The van der Waals surface area contributed by atoms with Crippen molar-refractivity contribution >= 4 is 22.8 Å². The highest BCUT2D eigenvalue weighted by Crippen LogP contribution is 2.34. The van der Waals surface area contributed by atoms with Gasteiger partial charge in [0.25, 0.3) is 0 Å². The molecular weight excluding hydrogens is 284 g/mol. The molecular formula is C16H16N2O4. The van der Waals surface area contributed by atoms with Gasteiger partial charge in [-0.2, -0.15) is 0 Å². The molecule has 1 heterocycles. The van der Waals surface area contributed by atoms with Crippen molar-refractivity contribution in [1.82, 2.24) is 10.3 Å². The van der Waals surface area contributed by atoms with Crippen LogP contribution in [0.3, 0.4) is 0 Å². The fourth-order valence-corrected chi connectivity index (χ4v) is 2.85. The number of hydrogen-bond donors (Lipinski definition) is 3. The Morgan fingerprint density at radius 3 is 2.64 bits per heavy atom. The molecule has 6 nitrogen and oxygen atoms in total. The number of aliphatic carboxylic acids is 1. The molecule has 3 N–H and O–H groups in total. The number of amides is 1. The molecule has 2 unspecified atom stereocenters. The highest BCUT2D eigenvalue weighted by atomic mass is 16.4. The molecule has 0 bridgehead atoms. The average Bonchev–Trinajstić information content (AvgIpc) is 2.42. The maximum absolute atomic E-state index is 12.1. The minimum absolute atomic E-state index is 0.214. The second-order valence-electron chi connectivity index (χ2n) is 5.55. The zero-order chi connectivity index (χ0) is 15.7. The Hall–Kier alpha value is -2.63. The molecule has 1 aromatic carbocycles. The molecule has 2 atom stereocenters. The summed E-state index contributed by atoms with van der Waals surface area (Å²) in [5.41, 5.74) is 1.21. The summed E-state index contributed by atoms with van der Waals surface area (Å²) in [6, 6.07) is 8.81. The summed E-state index contributed by atoms with van der Waals surface area (Å²) in [7, 11) is 0. The highest BCUT2D eigenvalue weighted by molar-refractivity contribution is 5.87. The predicted octanol–water partition coefficient (Wildman–Crippen LogP) is 1.26. The zero-order valence-electron chi connectivity index (χ0n) is 11.8. The van der Waals surface area contributed by atoms with Crippen LogP contribution in [-0.2, 0) is 16.1 Å². The maximum atomic E-state index is 12.1. The van der Waals surface area contributed by atoms with Crippen LogP contribution in [0.25, 0.3) is 10.9 Å². The number of carbonyl (C=O) groups excluding carboxylic acids is 1. The number of hydrogen-bond acceptors (Lipinski definition) is 3. The van der Waals surface area contributed by atoms with Crippen LogP contribution < -0.4 is 10.9 Å². The Morgan fingerprint density at radius 2 is 1.95 bits per heavy atom. The van der Waals surface area contributed by atoms with Crippen LogP contribution in [0.15, 0.2) is 35.1 Å². The quantitative estimate of drug-likeness (QED) is 0.791. The number of carboxylic acids is 1. The Labute approximate surface area is 126 Å². The molecule has 22 heavy (non-hydrogen) atoms. The number of fused-ring (bicyclic) bond motifs is 1. The fourth-order valence-electron chi connectivity index (χ4n) is 2.85. The average molecular weight is 300 g/mol. The van der Waals surface area contributed by atoms with Gasteiger partial charge >= 0.3 is 5.97 Å². The van der Waals surface area contributed by atoms with E-state index in [0.29, 0.717) is 18.4 Å². The van der Waals surface area contributed by atoms with Crippen molar-refractivity contribution in [3.63, 3.8) is 0 Å². The third kappa shape index (κ3) is 2.59. The van der Waals surface area contributed by atoms with E-state index < -0.39 is 17.8 Å². The van der Waals surface area contributed by atoms with Crippen molar-refractivity contribution in [2.75, 3.05) is 0 Å². The number of nitrogens with one attached hydrogen (secondary N) is 2. The van der Waals surface area contributed by atoms with Crippen LogP contribution >= 0.6 is 0 Å². The number of H-pyrrole nitrogens is 1. The van der Waals surface area contributed by atoms with Crippen molar-refractivity contribution in [2.45, 2.75) is 19.4 Å². The topological polar surface area (TPSA) is 99.3 Å². The van der Waals surface area contributed by atoms with Crippen LogP contribution in [0, 0.1) is 11.8 Å². The molecule has 1 aliphatic rings. The lowest BCUT2D eigenvalue weighted by molar-refractivity contribution is -0.152. The lowest BCUT2D eigenvalue weighted by Crippen LogP contribution is -2.43. The number of carbonyl (C=O) groups is 2. The van der Waals surface area contributed by atoms with Gasteiger partial charge in [-0.05, 0) is 24.5 Å². The lowest BCUT2D eigenvalue weighted by Gasteiger charge is -2.31. The number of para-hydroxylation sites is 1. The van der Waals surface area contributed by atoms with E-state index in [1.54, 1.807) is 6.07 Å². The molecule has 1 saturated carbocycles. The molecule has 2 aromatic rings. The molecule has 1 aliphatic carbocycles. The summed E-state index contributed by atoms with van der Waals surface area (Å²) in [5, 5.41) is 12.6. The Balaban J connectivity index is 1.76. The SMILES string of the molecule is O=C(O)C1CCC1C(=O)NCc1cc(=O)[nH]c2ccccc12. The van der Waals surface area contributed by atoms with Gasteiger partial charge in [0.05, 0.1) is 11.8 Å². The number of aromatic nitrogens is 1. The number of benzene rings is 1. The highest BCUT2D eigenvalue weighted by Gasteiger charge is 2.41. The monoisotopic (exact) mass is 300 g/mol. The molecule has 0 saturated heterocycles. The molecule has 0 radical (unpaired) electrons. The van der Waals surface area contributed by atoms with Crippen LogP contribution in [0.2, 0.25) is 0 Å². The van der Waals surface area contributed by atoms with E-state index in [-0.39, 0.29) is 18.0 Å². The first-order valence-corrected chi connectivity index (χ1v) is 7.17. The first-order chi connectivity index (χ1) is 10.6. The van der Waals surface area contributed by atoms with Gasteiger partial charge in [0.1, 0.15) is 0 Å². The third-order valence-corrected chi connectivity index (χ3v) is 4.22. The minimum atomic E-state index is -0.923.